The Labute approximate surface area is 196 Å². The fourth-order valence-electron chi connectivity index (χ4n) is 5.49. The van der Waals surface area contributed by atoms with E-state index in [4.69, 9.17) is 0 Å². The zero-order valence-corrected chi connectivity index (χ0v) is 18.6. The molecular weight excluding hydrogens is 446 g/mol. The number of fused-ring (bicyclic) bond motifs is 3. The van der Waals surface area contributed by atoms with Gasteiger partial charge in [0.05, 0.1) is 12.0 Å². The second-order valence-electron chi connectivity index (χ2n) is 9.36. The number of nitriles is 1. The SMILES string of the molecule is N#C[C@@H](C[C@@H]1CCCNC1=O)NC(=O)[C@@H]1[C@H]2CC[C@H](CC2(F)F)N1C(=O)[C@@H](O)c1ccccc1. The average molecular weight is 475 g/mol. The molecular formula is C24H28F2N4O4. The van der Waals surface area contributed by atoms with E-state index >= 15 is 0 Å². The van der Waals surface area contributed by atoms with E-state index in [1.807, 2.05) is 6.07 Å². The maximum absolute atomic E-state index is 14.8. The molecule has 0 unspecified atom stereocenters. The lowest BCUT2D eigenvalue weighted by molar-refractivity contribution is -0.198. The van der Waals surface area contributed by atoms with Crippen molar-refractivity contribution < 1.29 is 28.3 Å². The van der Waals surface area contributed by atoms with Gasteiger partial charge in [0.15, 0.2) is 6.10 Å². The first-order valence-electron chi connectivity index (χ1n) is 11.6. The van der Waals surface area contributed by atoms with Crippen molar-refractivity contribution in [1.29, 1.82) is 5.26 Å². The number of amides is 3. The molecule has 8 nitrogen and oxygen atoms in total. The fraction of sp³-hybridized carbons (Fsp3) is 0.583. The maximum Gasteiger partial charge on any atom is 0.256 e. The largest absolute Gasteiger partial charge is 0.378 e. The maximum atomic E-state index is 14.8. The Morgan fingerprint density at radius 1 is 1.26 bits per heavy atom. The van der Waals surface area contributed by atoms with Crippen molar-refractivity contribution in [2.45, 2.75) is 68.7 Å². The summed E-state index contributed by atoms with van der Waals surface area (Å²) >= 11 is 0. The third kappa shape index (κ3) is 4.62. The highest BCUT2D eigenvalue weighted by Crippen LogP contribution is 2.49. The van der Waals surface area contributed by atoms with Gasteiger partial charge in [-0.1, -0.05) is 30.3 Å². The molecule has 3 amide bonds. The van der Waals surface area contributed by atoms with Gasteiger partial charge in [-0.15, -0.1) is 0 Å². The summed E-state index contributed by atoms with van der Waals surface area (Å²) in [7, 11) is 0. The Kier molecular flexibility index (Phi) is 6.84. The molecule has 0 spiro atoms. The summed E-state index contributed by atoms with van der Waals surface area (Å²) < 4.78 is 29.6. The van der Waals surface area contributed by atoms with Crippen LogP contribution in [0.4, 0.5) is 8.78 Å². The third-order valence-electron chi connectivity index (χ3n) is 7.20. The van der Waals surface area contributed by atoms with Crippen LogP contribution < -0.4 is 10.6 Å². The van der Waals surface area contributed by atoms with E-state index in [-0.39, 0.29) is 18.7 Å². The average Bonchev–Trinajstić information content (AvgIpc) is 2.83. The molecule has 1 aliphatic carbocycles. The van der Waals surface area contributed by atoms with Gasteiger partial charge in [0.2, 0.25) is 11.8 Å². The predicted molar refractivity (Wildman–Crippen MR) is 116 cm³/mol. The molecule has 1 saturated carbocycles. The van der Waals surface area contributed by atoms with Crippen molar-refractivity contribution in [3.63, 3.8) is 0 Å². The number of nitrogens with one attached hydrogen (secondary N) is 2. The summed E-state index contributed by atoms with van der Waals surface area (Å²) in [4.78, 5) is 39.7. The Morgan fingerprint density at radius 2 is 2.00 bits per heavy atom. The molecule has 3 heterocycles. The molecule has 3 aliphatic heterocycles. The minimum Gasteiger partial charge on any atom is -0.378 e. The molecule has 0 aromatic heterocycles. The van der Waals surface area contributed by atoms with E-state index in [0.29, 0.717) is 24.9 Å². The fourth-order valence-corrected chi connectivity index (χ4v) is 5.49. The van der Waals surface area contributed by atoms with E-state index < -0.39 is 60.2 Å². The van der Waals surface area contributed by atoms with Crippen LogP contribution in [0.5, 0.6) is 0 Å². The van der Waals surface area contributed by atoms with Gasteiger partial charge in [0, 0.05) is 24.9 Å². The second-order valence-corrected chi connectivity index (χ2v) is 9.36. The number of rotatable bonds is 6. The van der Waals surface area contributed by atoms with Crippen LogP contribution in [0, 0.1) is 23.2 Å². The molecule has 1 aromatic carbocycles. The molecule has 3 N–H and O–H groups in total. The minimum atomic E-state index is -3.15. The summed E-state index contributed by atoms with van der Waals surface area (Å²) in [6.45, 7) is 0.556. The molecule has 0 radical (unpaired) electrons. The van der Waals surface area contributed by atoms with Crippen LogP contribution in [-0.2, 0) is 14.4 Å². The predicted octanol–water partition coefficient (Wildman–Crippen LogP) is 1.66. The number of nitrogens with zero attached hydrogens (tertiary/aromatic N) is 2. The summed E-state index contributed by atoms with van der Waals surface area (Å²) in [5.41, 5.74) is 0.304. The lowest BCUT2D eigenvalue weighted by atomic mass is 9.71. The Morgan fingerprint density at radius 3 is 2.65 bits per heavy atom. The quantitative estimate of drug-likeness (QED) is 0.579. The number of aliphatic hydroxyl groups is 1. The van der Waals surface area contributed by atoms with Crippen LogP contribution in [0.2, 0.25) is 0 Å². The Balaban J connectivity index is 1.56. The topological polar surface area (TPSA) is 123 Å². The minimum absolute atomic E-state index is 0.0587. The summed E-state index contributed by atoms with van der Waals surface area (Å²) in [6.07, 6.45) is -0.419. The van der Waals surface area contributed by atoms with Gasteiger partial charge in [-0.25, -0.2) is 8.78 Å². The van der Waals surface area contributed by atoms with Crippen molar-refractivity contribution >= 4 is 17.7 Å². The first-order valence-corrected chi connectivity index (χ1v) is 11.6. The molecule has 3 saturated heterocycles. The third-order valence-corrected chi connectivity index (χ3v) is 7.20. The first-order chi connectivity index (χ1) is 16.2. The first kappa shape index (κ1) is 24.1. The number of benzene rings is 1. The van der Waals surface area contributed by atoms with Crippen molar-refractivity contribution in [3.05, 3.63) is 35.9 Å². The van der Waals surface area contributed by atoms with Gasteiger partial charge in [-0.3, -0.25) is 14.4 Å². The monoisotopic (exact) mass is 474 g/mol. The number of aliphatic hydroxyl groups excluding tert-OH is 1. The number of hydrogen-bond acceptors (Lipinski definition) is 5. The van der Waals surface area contributed by atoms with Crippen molar-refractivity contribution in [2.75, 3.05) is 6.54 Å². The number of halogens is 2. The van der Waals surface area contributed by atoms with E-state index in [0.717, 1.165) is 11.3 Å². The van der Waals surface area contributed by atoms with Crippen LogP contribution in [-0.4, -0.2) is 58.3 Å². The van der Waals surface area contributed by atoms with Crippen LogP contribution in [0.3, 0.4) is 0 Å². The van der Waals surface area contributed by atoms with E-state index in [1.165, 1.54) is 0 Å². The number of carbonyl (C=O) groups excluding carboxylic acids is 3. The molecule has 4 aliphatic rings. The normalized spacial score (nSPS) is 29.5. The van der Waals surface area contributed by atoms with E-state index in [1.54, 1.807) is 30.3 Å². The second kappa shape index (κ2) is 9.66. The highest BCUT2D eigenvalue weighted by Gasteiger charge is 2.61. The van der Waals surface area contributed by atoms with Crippen LogP contribution in [0.25, 0.3) is 0 Å². The van der Waals surface area contributed by atoms with Gasteiger partial charge in [0.1, 0.15) is 12.1 Å². The molecule has 5 rings (SSSR count). The molecule has 2 bridgehead atoms. The Bertz CT molecular complexity index is 983. The molecule has 182 valence electrons. The molecule has 1 aromatic rings. The van der Waals surface area contributed by atoms with Gasteiger partial charge in [0.25, 0.3) is 11.8 Å². The molecule has 4 fully saturated rings. The van der Waals surface area contributed by atoms with E-state index in [9.17, 15) is 33.5 Å². The van der Waals surface area contributed by atoms with Crippen molar-refractivity contribution in [1.82, 2.24) is 15.5 Å². The van der Waals surface area contributed by atoms with Gasteiger partial charge in [-0.05, 0) is 37.7 Å². The highest BCUT2D eigenvalue weighted by molar-refractivity contribution is 5.91. The zero-order valence-electron chi connectivity index (χ0n) is 18.6. The lowest BCUT2D eigenvalue weighted by Gasteiger charge is -2.54. The smallest absolute Gasteiger partial charge is 0.256 e. The van der Waals surface area contributed by atoms with Crippen LogP contribution in [0.1, 0.15) is 50.2 Å². The summed E-state index contributed by atoms with van der Waals surface area (Å²) in [5.74, 6) is -6.89. The Hall–Kier alpha value is -3.06. The summed E-state index contributed by atoms with van der Waals surface area (Å²) in [6, 6.07) is 6.58. The van der Waals surface area contributed by atoms with Gasteiger partial charge >= 0.3 is 0 Å². The van der Waals surface area contributed by atoms with Crippen LogP contribution in [0.15, 0.2) is 30.3 Å². The van der Waals surface area contributed by atoms with Crippen molar-refractivity contribution in [2.24, 2.45) is 11.8 Å². The number of carbonyl (C=O) groups is 3. The van der Waals surface area contributed by atoms with Gasteiger partial charge < -0.3 is 20.6 Å². The van der Waals surface area contributed by atoms with Crippen LogP contribution >= 0.6 is 0 Å². The molecule has 6 atom stereocenters. The molecule has 10 heteroatoms. The van der Waals surface area contributed by atoms with Gasteiger partial charge in [-0.2, -0.15) is 5.26 Å². The molecule has 34 heavy (non-hydrogen) atoms. The highest BCUT2D eigenvalue weighted by atomic mass is 19.3. The lowest BCUT2D eigenvalue weighted by Crippen LogP contribution is -2.69. The number of hydrogen-bond donors (Lipinski definition) is 3. The summed E-state index contributed by atoms with van der Waals surface area (Å²) in [5, 5.41) is 25.5. The number of piperidine rings is 3. The number of alkyl halides is 2. The van der Waals surface area contributed by atoms with E-state index in [2.05, 4.69) is 10.6 Å². The zero-order chi connectivity index (χ0) is 24.5. The van der Waals surface area contributed by atoms with Crippen molar-refractivity contribution in [3.8, 4) is 6.07 Å². The standard InChI is InChI=1S/C24H28F2N4O4/c25-24(26)12-17-8-9-18(24)19(30(17)23(34)20(31)14-5-2-1-3-6-14)22(33)29-16(13-27)11-15-7-4-10-28-21(15)32/h1-3,5-6,15-20,31H,4,7-12H2,(H,28,32)(H,29,33)/t15-,16+,17+,18+,19-,20-/m0/s1.